The van der Waals surface area contributed by atoms with Gasteiger partial charge in [0, 0.05) is 32.4 Å². The lowest BCUT2D eigenvalue weighted by atomic mass is 10.2. The zero-order valence-corrected chi connectivity index (χ0v) is 16.1. The zero-order chi connectivity index (χ0) is 19.2. The van der Waals surface area contributed by atoms with Crippen molar-refractivity contribution in [2.75, 3.05) is 31.1 Å². The number of piperazine rings is 1. The molecule has 3 aromatic rings. The Labute approximate surface area is 160 Å². The number of imidazole rings is 1. The number of aromatic nitrogens is 5. The molecule has 10 heteroatoms. The quantitative estimate of drug-likeness (QED) is 0.638. The summed E-state index contributed by atoms with van der Waals surface area (Å²) in [4.78, 5) is 36.4. The summed E-state index contributed by atoms with van der Waals surface area (Å²) in [7, 11) is 0. The fourth-order valence-electron chi connectivity index (χ4n) is 3.09. The summed E-state index contributed by atoms with van der Waals surface area (Å²) >= 11 is 6.17. The maximum Gasteiger partial charge on any atom is 0.410 e. The first-order chi connectivity index (χ1) is 12.8. The molecule has 0 aromatic carbocycles. The van der Waals surface area contributed by atoms with E-state index in [1.54, 1.807) is 17.4 Å². The molecule has 0 atom stereocenters. The molecule has 1 saturated heterocycles. The van der Waals surface area contributed by atoms with Gasteiger partial charge in [-0.2, -0.15) is 4.98 Å². The fraction of sp³-hybridized carbons (Fsp3) is 0.471. The van der Waals surface area contributed by atoms with E-state index in [-0.39, 0.29) is 11.4 Å². The molecule has 142 valence electrons. The van der Waals surface area contributed by atoms with Gasteiger partial charge in [-0.1, -0.05) is 0 Å². The molecule has 0 unspecified atom stereocenters. The van der Waals surface area contributed by atoms with E-state index in [1.807, 2.05) is 20.8 Å². The van der Waals surface area contributed by atoms with E-state index in [0.29, 0.717) is 48.7 Å². The summed E-state index contributed by atoms with van der Waals surface area (Å²) in [6, 6.07) is 0. The number of hydrogen-bond donors (Lipinski definition) is 1. The molecule has 27 heavy (non-hydrogen) atoms. The van der Waals surface area contributed by atoms with Crippen molar-refractivity contribution >= 4 is 45.6 Å². The van der Waals surface area contributed by atoms with Crippen LogP contribution >= 0.6 is 11.6 Å². The Morgan fingerprint density at radius 2 is 1.89 bits per heavy atom. The Morgan fingerprint density at radius 3 is 2.59 bits per heavy atom. The minimum atomic E-state index is -0.509. The average Bonchev–Trinajstić information content (AvgIpc) is 3.09. The van der Waals surface area contributed by atoms with Crippen LogP contribution in [0, 0.1) is 0 Å². The van der Waals surface area contributed by atoms with Crippen LogP contribution in [0.1, 0.15) is 20.8 Å². The van der Waals surface area contributed by atoms with Crippen molar-refractivity contribution in [3.63, 3.8) is 0 Å². The summed E-state index contributed by atoms with van der Waals surface area (Å²) in [5.74, 6) is 0.700. The van der Waals surface area contributed by atoms with E-state index < -0.39 is 5.60 Å². The molecule has 1 amide bonds. The normalized spacial score (nSPS) is 15.6. The zero-order valence-electron chi connectivity index (χ0n) is 15.4. The number of aromatic amines is 1. The molecule has 4 rings (SSSR count). The maximum atomic E-state index is 12.3. The lowest BCUT2D eigenvalue weighted by Crippen LogP contribution is -2.50. The van der Waals surface area contributed by atoms with Crippen LogP contribution in [0.2, 0.25) is 5.28 Å². The van der Waals surface area contributed by atoms with Crippen molar-refractivity contribution in [3.05, 3.63) is 17.8 Å². The molecule has 0 spiro atoms. The van der Waals surface area contributed by atoms with Crippen LogP contribution in [0.3, 0.4) is 0 Å². The largest absolute Gasteiger partial charge is 0.444 e. The highest BCUT2D eigenvalue weighted by Gasteiger charge is 2.27. The molecule has 1 N–H and O–H groups in total. The first kappa shape index (κ1) is 17.7. The van der Waals surface area contributed by atoms with Gasteiger partial charge in [-0.25, -0.2) is 19.7 Å². The van der Waals surface area contributed by atoms with Crippen LogP contribution in [-0.2, 0) is 4.74 Å². The molecule has 0 aliphatic carbocycles. The van der Waals surface area contributed by atoms with Gasteiger partial charge in [-0.15, -0.1) is 0 Å². The van der Waals surface area contributed by atoms with Gasteiger partial charge in [0.05, 0.1) is 11.7 Å². The van der Waals surface area contributed by atoms with E-state index >= 15 is 0 Å². The molecular weight excluding hydrogens is 370 g/mol. The number of nitrogens with one attached hydrogen (secondary N) is 1. The number of amides is 1. The fourth-order valence-corrected chi connectivity index (χ4v) is 3.25. The third-order valence-electron chi connectivity index (χ3n) is 4.30. The van der Waals surface area contributed by atoms with Gasteiger partial charge in [-0.05, 0) is 32.4 Å². The van der Waals surface area contributed by atoms with Crippen LogP contribution in [-0.4, -0.2) is 67.7 Å². The van der Waals surface area contributed by atoms with Gasteiger partial charge in [-0.3, -0.25) is 0 Å². The van der Waals surface area contributed by atoms with Gasteiger partial charge >= 0.3 is 6.09 Å². The number of rotatable bonds is 1. The van der Waals surface area contributed by atoms with Crippen LogP contribution in [0.25, 0.3) is 22.1 Å². The third-order valence-corrected chi connectivity index (χ3v) is 4.46. The summed E-state index contributed by atoms with van der Waals surface area (Å²) in [5, 5.41) is 0.937. The third kappa shape index (κ3) is 3.46. The van der Waals surface area contributed by atoms with Crippen molar-refractivity contribution in [2.45, 2.75) is 26.4 Å². The molecule has 0 bridgehead atoms. The van der Waals surface area contributed by atoms with E-state index in [0.717, 1.165) is 5.39 Å². The SMILES string of the molecule is CC(C)(C)OC(=O)N1CCN(c2nc(Cl)nc3c2cnc2[nH]cnc23)CC1. The van der Waals surface area contributed by atoms with Gasteiger partial charge in [0.2, 0.25) is 5.28 Å². The van der Waals surface area contributed by atoms with E-state index in [1.165, 1.54) is 0 Å². The summed E-state index contributed by atoms with van der Waals surface area (Å²) in [5.41, 5.74) is 1.46. The monoisotopic (exact) mass is 389 g/mol. The predicted octanol–water partition coefficient (Wildman–Crippen LogP) is 2.61. The van der Waals surface area contributed by atoms with Gasteiger partial charge < -0.3 is 19.5 Å². The minimum Gasteiger partial charge on any atom is -0.444 e. The van der Waals surface area contributed by atoms with Crippen molar-refractivity contribution in [1.82, 2.24) is 29.8 Å². The van der Waals surface area contributed by atoms with Gasteiger partial charge in [0.15, 0.2) is 5.65 Å². The lowest BCUT2D eigenvalue weighted by molar-refractivity contribution is 0.0240. The number of carbonyl (C=O) groups is 1. The second-order valence-corrected chi connectivity index (χ2v) is 7.73. The van der Waals surface area contributed by atoms with Crippen molar-refractivity contribution in [1.29, 1.82) is 0 Å². The number of nitrogens with zero attached hydrogens (tertiary/aromatic N) is 6. The number of H-pyrrole nitrogens is 1. The summed E-state index contributed by atoms with van der Waals surface area (Å²) in [6.07, 6.45) is 3.00. The van der Waals surface area contributed by atoms with Crippen molar-refractivity contribution in [2.24, 2.45) is 0 Å². The minimum absolute atomic E-state index is 0.155. The number of fused-ring (bicyclic) bond motifs is 3. The molecule has 0 saturated carbocycles. The van der Waals surface area contributed by atoms with Crippen molar-refractivity contribution in [3.8, 4) is 0 Å². The first-order valence-corrected chi connectivity index (χ1v) is 9.08. The Kier molecular flexibility index (Phi) is 4.26. The maximum absolute atomic E-state index is 12.3. The molecule has 1 aliphatic heterocycles. The van der Waals surface area contributed by atoms with Crippen LogP contribution in [0.5, 0.6) is 0 Å². The standard InChI is InChI=1S/C17H20ClN7O2/c1-17(2,3)27-16(26)25-6-4-24(5-7-25)14-10-8-19-13-12(20-9-21-13)11(10)22-15(18)23-14/h8-9H,4-7H2,1-3H3,(H,19,20,21). The second kappa shape index (κ2) is 6.49. The van der Waals surface area contributed by atoms with Crippen LogP contribution in [0.4, 0.5) is 10.6 Å². The van der Waals surface area contributed by atoms with Crippen LogP contribution in [0.15, 0.2) is 12.5 Å². The number of carbonyl (C=O) groups excluding carboxylic acids is 1. The molecule has 0 radical (unpaired) electrons. The summed E-state index contributed by atoms with van der Waals surface area (Å²) < 4.78 is 5.45. The number of hydrogen-bond acceptors (Lipinski definition) is 7. The van der Waals surface area contributed by atoms with E-state index in [9.17, 15) is 4.79 Å². The Morgan fingerprint density at radius 1 is 1.15 bits per heavy atom. The first-order valence-electron chi connectivity index (χ1n) is 8.70. The second-order valence-electron chi connectivity index (χ2n) is 7.39. The molecular formula is C17H20ClN7O2. The number of pyridine rings is 1. The number of ether oxygens (including phenoxy) is 1. The highest BCUT2D eigenvalue weighted by Crippen LogP contribution is 2.29. The number of halogens is 1. The van der Waals surface area contributed by atoms with E-state index in [4.69, 9.17) is 16.3 Å². The lowest BCUT2D eigenvalue weighted by Gasteiger charge is -2.36. The topological polar surface area (TPSA) is 100 Å². The van der Waals surface area contributed by atoms with Crippen LogP contribution < -0.4 is 4.90 Å². The molecule has 4 heterocycles. The average molecular weight is 390 g/mol. The highest BCUT2D eigenvalue weighted by atomic mass is 35.5. The molecule has 1 aliphatic rings. The highest BCUT2D eigenvalue weighted by molar-refractivity contribution is 6.29. The number of anilines is 1. The summed E-state index contributed by atoms with van der Waals surface area (Å²) in [6.45, 7) is 7.88. The Bertz CT molecular complexity index is 1010. The molecule has 3 aromatic heterocycles. The van der Waals surface area contributed by atoms with Gasteiger partial charge in [0.25, 0.3) is 0 Å². The van der Waals surface area contributed by atoms with Gasteiger partial charge in [0.1, 0.15) is 22.5 Å². The van der Waals surface area contributed by atoms with E-state index in [2.05, 4.69) is 29.8 Å². The Balaban J connectivity index is 1.60. The molecule has 1 fully saturated rings. The molecule has 9 nitrogen and oxygen atoms in total. The smallest absolute Gasteiger partial charge is 0.410 e. The van der Waals surface area contributed by atoms with Crippen molar-refractivity contribution < 1.29 is 9.53 Å². The Hall–Kier alpha value is -2.68. The predicted molar refractivity (Wildman–Crippen MR) is 102 cm³/mol.